The predicted molar refractivity (Wildman–Crippen MR) is 119 cm³/mol. The Labute approximate surface area is 179 Å². The minimum absolute atomic E-state index is 0.177. The van der Waals surface area contributed by atoms with E-state index in [0.29, 0.717) is 13.2 Å². The quantitative estimate of drug-likeness (QED) is 0.384. The minimum atomic E-state index is 0.177. The monoisotopic (exact) mass is 421 g/mol. The van der Waals surface area contributed by atoms with Gasteiger partial charge in [-0.1, -0.05) is 30.3 Å². The summed E-state index contributed by atoms with van der Waals surface area (Å²) in [5.74, 6) is 0.885. The van der Waals surface area contributed by atoms with E-state index in [1.165, 1.54) is 4.88 Å². The fraction of sp³-hybridized carbons (Fsp3) is 0.217. The molecule has 1 N–H and O–H groups in total. The topological polar surface area (TPSA) is 47.0 Å². The van der Waals surface area contributed by atoms with Gasteiger partial charge in [0.05, 0.1) is 11.7 Å². The molecule has 0 fully saturated rings. The number of nitrogens with one attached hydrogen (secondary N) is 1. The molecule has 0 spiro atoms. The first-order chi connectivity index (χ1) is 14.3. The first-order valence-electron chi connectivity index (χ1n) is 9.56. The number of nitrogens with zero attached hydrogens (tertiary/aromatic N) is 2. The molecule has 148 valence electrons. The Balaban J connectivity index is 1.45. The van der Waals surface area contributed by atoms with E-state index in [-0.39, 0.29) is 6.04 Å². The highest BCUT2D eigenvalue weighted by atomic mass is 32.1. The first-order valence-corrected chi connectivity index (χ1v) is 11.3. The maximum absolute atomic E-state index is 6.06. The molecule has 0 bridgehead atoms. The Hall–Kier alpha value is -2.54. The SMILES string of the molecule is Cc1csc([C@H](Cc2cccs2)NCc2ccccc2OCc2ccccn2)n1. The lowest BCUT2D eigenvalue weighted by atomic mass is 10.1. The fourth-order valence-corrected chi connectivity index (χ4v) is 4.69. The maximum atomic E-state index is 6.06. The van der Waals surface area contributed by atoms with Gasteiger partial charge in [0.1, 0.15) is 17.4 Å². The van der Waals surface area contributed by atoms with Crippen molar-refractivity contribution in [2.45, 2.75) is 32.5 Å². The molecule has 0 saturated heterocycles. The smallest absolute Gasteiger partial charge is 0.130 e. The number of aryl methyl sites for hydroxylation is 1. The van der Waals surface area contributed by atoms with Crippen molar-refractivity contribution in [1.29, 1.82) is 0 Å². The molecule has 0 saturated carbocycles. The molecule has 4 aromatic rings. The van der Waals surface area contributed by atoms with Crippen LogP contribution in [-0.2, 0) is 19.6 Å². The van der Waals surface area contributed by atoms with Crippen molar-refractivity contribution in [2.75, 3.05) is 0 Å². The predicted octanol–water partition coefficient (Wildman–Crippen LogP) is 5.56. The first kappa shape index (κ1) is 19.8. The lowest BCUT2D eigenvalue weighted by Crippen LogP contribution is -2.23. The van der Waals surface area contributed by atoms with Crippen LogP contribution >= 0.6 is 22.7 Å². The van der Waals surface area contributed by atoms with Gasteiger partial charge >= 0.3 is 0 Å². The molecular formula is C23H23N3OS2. The fourth-order valence-electron chi connectivity index (χ4n) is 3.07. The van der Waals surface area contributed by atoms with Crippen LogP contribution in [0.15, 0.2) is 71.6 Å². The normalized spacial score (nSPS) is 12.0. The molecule has 0 aliphatic rings. The van der Waals surface area contributed by atoms with Crippen LogP contribution in [0, 0.1) is 6.92 Å². The summed E-state index contributed by atoms with van der Waals surface area (Å²) in [4.78, 5) is 10.4. The summed E-state index contributed by atoms with van der Waals surface area (Å²) in [5, 5.41) is 9.07. The lowest BCUT2D eigenvalue weighted by molar-refractivity contribution is 0.297. The summed E-state index contributed by atoms with van der Waals surface area (Å²) in [6.45, 7) is 3.22. The zero-order valence-electron chi connectivity index (χ0n) is 16.2. The molecular weight excluding hydrogens is 398 g/mol. The van der Waals surface area contributed by atoms with Crippen molar-refractivity contribution in [3.63, 3.8) is 0 Å². The molecule has 0 amide bonds. The van der Waals surface area contributed by atoms with Crippen LogP contribution < -0.4 is 10.1 Å². The summed E-state index contributed by atoms with van der Waals surface area (Å²) in [6, 6.07) is 18.5. The van der Waals surface area contributed by atoms with E-state index < -0.39 is 0 Å². The van der Waals surface area contributed by atoms with Crippen molar-refractivity contribution >= 4 is 22.7 Å². The van der Waals surface area contributed by atoms with Crippen molar-refractivity contribution in [3.8, 4) is 5.75 Å². The average molecular weight is 422 g/mol. The third-order valence-corrected chi connectivity index (χ3v) is 6.51. The summed E-state index contributed by atoms with van der Waals surface area (Å²) in [5.41, 5.74) is 3.12. The van der Waals surface area contributed by atoms with Crippen LogP contribution in [0.2, 0.25) is 0 Å². The Morgan fingerprint density at radius 3 is 2.69 bits per heavy atom. The number of benzene rings is 1. The van der Waals surface area contributed by atoms with Crippen molar-refractivity contribution in [3.05, 3.63) is 98.4 Å². The van der Waals surface area contributed by atoms with Gasteiger partial charge in [0.2, 0.25) is 0 Å². The van der Waals surface area contributed by atoms with Crippen molar-refractivity contribution < 1.29 is 4.74 Å². The number of hydrogen-bond donors (Lipinski definition) is 1. The van der Waals surface area contributed by atoms with Gasteiger partial charge in [-0.3, -0.25) is 4.98 Å². The second-order valence-electron chi connectivity index (χ2n) is 6.76. The van der Waals surface area contributed by atoms with Gasteiger partial charge in [0.25, 0.3) is 0 Å². The van der Waals surface area contributed by atoms with Crippen LogP contribution in [0.4, 0.5) is 0 Å². The second-order valence-corrected chi connectivity index (χ2v) is 8.68. The third kappa shape index (κ3) is 5.50. The largest absolute Gasteiger partial charge is 0.487 e. The Bertz CT molecular complexity index is 1020. The molecule has 0 radical (unpaired) electrons. The van der Waals surface area contributed by atoms with E-state index in [1.54, 1.807) is 28.9 Å². The third-order valence-electron chi connectivity index (χ3n) is 4.53. The standard InChI is InChI=1S/C23H23N3OS2/c1-17-16-29-23(26-17)21(13-20-9-6-12-28-20)25-14-18-7-2-3-10-22(18)27-15-19-8-4-5-11-24-19/h2-12,16,21,25H,13-15H2,1H3/t21-/m0/s1. The van der Waals surface area contributed by atoms with Crippen LogP contribution in [0.25, 0.3) is 0 Å². The van der Waals surface area contributed by atoms with E-state index in [2.05, 4.69) is 39.3 Å². The minimum Gasteiger partial charge on any atom is -0.487 e. The highest BCUT2D eigenvalue weighted by Gasteiger charge is 2.17. The van der Waals surface area contributed by atoms with E-state index >= 15 is 0 Å². The Morgan fingerprint density at radius 2 is 1.93 bits per heavy atom. The van der Waals surface area contributed by atoms with Crippen LogP contribution in [-0.4, -0.2) is 9.97 Å². The van der Waals surface area contributed by atoms with Crippen LogP contribution in [0.1, 0.15) is 32.9 Å². The highest BCUT2D eigenvalue weighted by Crippen LogP contribution is 2.26. The maximum Gasteiger partial charge on any atom is 0.130 e. The van der Waals surface area contributed by atoms with Gasteiger partial charge in [0, 0.05) is 40.7 Å². The summed E-state index contributed by atoms with van der Waals surface area (Å²) in [6.07, 6.45) is 2.72. The summed E-state index contributed by atoms with van der Waals surface area (Å²) < 4.78 is 6.06. The number of rotatable bonds is 9. The van der Waals surface area contributed by atoms with E-state index in [4.69, 9.17) is 9.72 Å². The highest BCUT2D eigenvalue weighted by molar-refractivity contribution is 7.10. The number of thiazole rings is 1. The molecule has 1 atom stereocenters. The molecule has 3 aromatic heterocycles. The average Bonchev–Trinajstić information content (AvgIpc) is 3.42. The summed E-state index contributed by atoms with van der Waals surface area (Å²) in [7, 11) is 0. The van der Waals surface area contributed by atoms with Gasteiger partial charge in [-0.25, -0.2) is 4.98 Å². The van der Waals surface area contributed by atoms with Gasteiger partial charge in [-0.05, 0) is 36.6 Å². The molecule has 0 aliphatic carbocycles. The number of hydrogen-bond acceptors (Lipinski definition) is 6. The van der Waals surface area contributed by atoms with Gasteiger partial charge < -0.3 is 10.1 Å². The molecule has 4 rings (SSSR count). The van der Waals surface area contributed by atoms with E-state index in [1.807, 2.05) is 43.3 Å². The Morgan fingerprint density at radius 1 is 1.03 bits per heavy atom. The van der Waals surface area contributed by atoms with E-state index in [9.17, 15) is 0 Å². The number of para-hydroxylation sites is 1. The van der Waals surface area contributed by atoms with Gasteiger partial charge in [-0.2, -0.15) is 0 Å². The summed E-state index contributed by atoms with van der Waals surface area (Å²) >= 11 is 3.51. The Kier molecular flexibility index (Phi) is 6.67. The van der Waals surface area contributed by atoms with Gasteiger partial charge in [0.15, 0.2) is 0 Å². The lowest BCUT2D eigenvalue weighted by Gasteiger charge is -2.18. The molecule has 6 heteroatoms. The van der Waals surface area contributed by atoms with Crippen molar-refractivity contribution in [2.24, 2.45) is 0 Å². The zero-order chi connectivity index (χ0) is 19.9. The van der Waals surface area contributed by atoms with E-state index in [0.717, 1.165) is 34.1 Å². The number of pyridine rings is 1. The van der Waals surface area contributed by atoms with Gasteiger partial charge in [-0.15, -0.1) is 22.7 Å². The van der Waals surface area contributed by atoms with Crippen molar-refractivity contribution in [1.82, 2.24) is 15.3 Å². The zero-order valence-corrected chi connectivity index (χ0v) is 17.9. The van der Waals surface area contributed by atoms with Crippen LogP contribution in [0.5, 0.6) is 5.75 Å². The molecule has 29 heavy (non-hydrogen) atoms. The molecule has 4 nitrogen and oxygen atoms in total. The molecule has 0 aliphatic heterocycles. The molecule has 0 unspecified atom stereocenters. The second kappa shape index (κ2) is 9.78. The number of thiophene rings is 1. The number of ether oxygens (including phenoxy) is 1. The number of aromatic nitrogens is 2. The van der Waals surface area contributed by atoms with Crippen LogP contribution in [0.3, 0.4) is 0 Å². The molecule has 3 heterocycles. The molecule has 1 aromatic carbocycles.